The molecule has 0 aliphatic rings. The zero-order chi connectivity index (χ0) is 8.10. The van der Waals surface area contributed by atoms with Gasteiger partial charge in [0.15, 0.2) is 0 Å². The van der Waals surface area contributed by atoms with Crippen LogP contribution in [-0.4, -0.2) is 10.7 Å². The van der Waals surface area contributed by atoms with Gasteiger partial charge in [-0.2, -0.15) is 0 Å². The van der Waals surface area contributed by atoms with Crippen LogP contribution < -0.4 is 0 Å². The van der Waals surface area contributed by atoms with E-state index >= 15 is 0 Å². The monoisotopic (exact) mass is 231 g/mol. The maximum absolute atomic E-state index is 4.23. The van der Waals surface area contributed by atoms with Gasteiger partial charge in [0.2, 0.25) is 0 Å². The van der Waals surface area contributed by atoms with Gasteiger partial charge < -0.3 is 0 Å². The zero-order valence-corrected chi connectivity index (χ0v) is 8.78. The van der Waals surface area contributed by atoms with Gasteiger partial charge in [0.1, 0.15) is 0 Å². The third-order valence-electron chi connectivity index (χ3n) is 1.15. The molecule has 3 heteroatoms. The first-order chi connectivity index (χ1) is 5.33. The zero-order valence-electron chi connectivity index (χ0n) is 6.38. The molecule has 11 heavy (non-hydrogen) atoms. The van der Waals surface area contributed by atoms with Gasteiger partial charge in [-0.15, -0.1) is 11.8 Å². The molecule has 0 unspecified atom stereocenters. The second-order valence-corrected chi connectivity index (χ2v) is 4.19. The minimum atomic E-state index is 1.04. The summed E-state index contributed by atoms with van der Waals surface area (Å²) in [7, 11) is 0. The van der Waals surface area contributed by atoms with Crippen molar-refractivity contribution in [3.63, 3.8) is 0 Å². The molecular formula is C8H10BrNS. The van der Waals surface area contributed by atoms with E-state index in [1.54, 1.807) is 11.8 Å². The van der Waals surface area contributed by atoms with E-state index in [9.17, 15) is 0 Å². The first-order valence-corrected chi connectivity index (χ1v) is 5.35. The van der Waals surface area contributed by atoms with Crippen molar-refractivity contribution < 1.29 is 0 Å². The van der Waals surface area contributed by atoms with Crippen LogP contribution in [0.25, 0.3) is 0 Å². The summed E-state index contributed by atoms with van der Waals surface area (Å²) in [6.45, 7) is 2.17. The molecule has 0 saturated carbocycles. The van der Waals surface area contributed by atoms with Crippen LogP contribution in [-0.2, 0) is 0 Å². The van der Waals surface area contributed by atoms with E-state index in [2.05, 4.69) is 27.8 Å². The highest BCUT2D eigenvalue weighted by molar-refractivity contribution is 9.10. The van der Waals surface area contributed by atoms with Crippen LogP contribution in [0.1, 0.15) is 13.3 Å². The first kappa shape index (κ1) is 9.07. The number of pyridine rings is 1. The van der Waals surface area contributed by atoms with Crippen molar-refractivity contribution in [2.24, 2.45) is 0 Å². The molecule has 0 spiro atoms. The summed E-state index contributed by atoms with van der Waals surface area (Å²) in [5.74, 6) is 1.15. The number of hydrogen-bond acceptors (Lipinski definition) is 2. The van der Waals surface area contributed by atoms with Gasteiger partial charge in [-0.05, 0) is 40.2 Å². The molecule has 0 atom stereocenters. The molecular weight excluding hydrogens is 222 g/mol. The summed E-state index contributed by atoms with van der Waals surface area (Å²) in [6, 6.07) is 4.05. The fraction of sp³-hybridized carbons (Fsp3) is 0.375. The fourth-order valence-electron chi connectivity index (χ4n) is 0.654. The predicted octanol–water partition coefficient (Wildman–Crippen LogP) is 3.35. The largest absolute Gasteiger partial charge is 0.249 e. The molecule has 0 aliphatic heterocycles. The number of thioether (sulfide) groups is 1. The molecule has 0 bridgehead atoms. The van der Waals surface area contributed by atoms with E-state index in [1.807, 2.05) is 18.3 Å². The van der Waals surface area contributed by atoms with Crippen LogP contribution in [0.5, 0.6) is 0 Å². The molecule has 0 aromatic carbocycles. The lowest BCUT2D eigenvalue weighted by molar-refractivity contribution is 1.08. The van der Waals surface area contributed by atoms with Crippen LogP contribution in [0.3, 0.4) is 0 Å². The Labute approximate surface area is 79.7 Å². The molecule has 0 aliphatic carbocycles. The summed E-state index contributed by atoms with van der Waals surface area (Å²) in [4.78, 5) is 4.23. The summed E-state index contributed by atoms with van der Waals surface area (Å²) in [5.41, 5.74) is 0. The van der Waals surface area contributed by atoms with Crippen molar-refractivity contribution in [1.82, 2.24) is 4.98 Å². The number of halogens is 1. The average molecular weight is 232 g/mol. The second-order valence-electron chi connectivity index (χ2n) is 2.16. The molecule has 1 heterocycles. The van der Waals surface area contributed by atoms with Crippen LogP contribution >= 0.6 is 27.7 Å². The number of rotatable bonds is 3. The van der Waals surface area contributed by atoms with E-state index < -0.39 is 0 Å². The molecule has 1 nitrogen and oxygen atoms in total. The topological polar surface area (TPSA) is 12.9 Å². The molecule has 0 saturated heterocycles. The normalized spacial score (nSPS) is 10.0. The number of nitrogens with zero attached hydrogens (tertiary/aromatic N) is 1. The van der Waals surface area contributed by atoms with Crippen LogP contribution in [0.4, 0.5) is 0 Å². The van der Waals surface area contributed by atoms with Crippen molar-refractivity contribution in [3.8, 4) is 0 Å². The Kier molecular flexibility index (Phi) is 3.94. The minimum absolute atomic E-state index is 1.04. The smallest absolute Gasteiger partial charge is 0.0960 e. The highest BCUT2D eigenvalue weighted by Crippen LogP contribution is 2.17. The fourth-order valence-corrected chi connectivity index (χ4v) is 1.59. The number of aromatic nitrogens is 1. The van der Waals surface area contributed by atoms with E-state index in [4.69, 9.17) is 0 Å². The Morgan fingerprint density at radius 2 is 2.36 bits per heavy atom. The third-order valence-corrected chi connectivity index (χ3v) is 2.77. The van der Waals surface area contributed by atoms with Gasteiger partial charge in [0.05, 0.1) is 5.03 Å². The van der Waals surface area contributed by atoms with Gasteiger partial charge in [-0.25, -0.2) is 4.98 Å². The Morgan fingerprint density at radius 1 is 1.55 bits per heavy atom. The van der Waals surface area contributed by atoms with Crippen LogP contribution in [0.2, 0.25) is 0 Å². The molecule has 1 aromatic rings. The predicted molar refractivity (Wildman–Crippen MR) is 53.0 cm³/mol. The molecule has 1 rings (SSSR count). The minimum Gasteiger partial charge on any atom is -0.249 e. The maximum atomic E-state index is 4.23. The maximum Gasteiger partial charge on any atom is 0.0960 e. The highest BCUT2D eigenvalue weighted by atomic mass is 79.9. The van der Waals surface area contributed by atoms with Crippen molar-refractivity contribution in [2.75, 3.05) is 5.75 Å². The number of hydrogen-bond donors (Lipinski definition) is 0. The van der Waals surface area contributed by atoms with E-state index in [0.29, 0.717) is 0 Å². The molecule has 0 amide bonds. The summed E-state index contributed by atoms with van der Waals surface area (Å²) in [6.07, 6.45) is 3.03. The van der Waals surface area contributed by atoms with Crippen molar-refractivity contribution >= 4 is 27.7 Å². The Hall–Kier alpha value is -0.0200. The van der Waals surface area contributed by atoms with E-state index in [0.717, 1.165) is 15.3 Å². The Bertz CT molecular complexity index is 210. The van der Waals surface area contributed by atoms with Crippen LogP contribution in [0.15, 0.2) is 27.8 Å². The summed E-state index contributed by atoms with van der Waals surface area (Å²) < 4.78 is 1.04. The van der Waals surface area contributed by atoms with Gasteiger partial charge in [0, 0.05) is 10.7 Å². The summed E-state index contributed by atoms with van der Waals surface area (Å²) in [5, 5.41) is 1.11. The molecule has 1 aromatic heterocycles. The SMILES string of the molecule is CCCSc1ccc(Br)cn1. The van der Waals surface area contributed by atoms with Crippen LogP contribution in [0, 0.1) is 0 Å². The lowest BCUT2D eigenvalue weighted by atomic mass is 10.5. The quantitative estimate of drug-likeness (QED) is 0.741. The highest BCUT2D eigenvalue weighted by Gasteiger charge is 1.92. The molecule has 0 radical (unpaired) electrons. The van der Waals surface area contributed by atoms with Crippen molar-refractivity contribution in [3.05, 3.63) is 22.8 Å². The van der Waals surface area contributed by atoms with Gasteiger partial charge in [-0.1, -0.05) is 6.92 Å². The van der Waals surface area contributed by atoms with Crippen molar-refractivity contribution in [1.29, 1.82) is 0 Å². The Balaban J connectivity index is 2.52. The van der Waals surface area contributed by atoms with Gasteiger partial charge in [-0.3, -0.25) is 0 Å². The van der Waals surface area contributed by atoms with Crippen molar-refractivity contribution in [2.45, 2.75) is 18.4 Å². The van der Waals surface area contributed by atoms with Gasteiger partial charge >= 0.3 is 0 Å². The molecule has 0 fully saturated rings. The second kappa shape index (κ2) is 4.78. The lowest BCUT2D eigenvalue weighted by Gasteiger charge is -1.96. The first-order valence-electron chi connectivity index (χ1n) is 3.57. The lowest BCUT2D eigenvalue weighted by Crippen LogP contribution is -1.80. The molecule has 60 valence electrons. The standard InChI is InChI=1S/C8H10BrNS/c1-2-5-11-8-4-3-7(9)6-10-8/h3-4,6H,2,5H2,1H3. The van der Waals surface area contributed by atoms with E-state index in [1.165, 1.54) is 6.42 Å². The summed E-state index contributed by atoms with van der Waals surface area (Å²) >= 11 is 5.14. The van der Waals surface area contributed by atoms with Gasteiger partial charge in [0.25, 0.3) is 0 Å². The third kappa shape index (κ3) is 3.25. The van der Waals surface area contributed by atoms with E-state index in [-0.39, 0.29) is 0 Å². The average Bonchev–Trinajstić information content (AvgIpc) is 2.04. The molecule has 0 N–H and O–H groups in total. The Morgan fingerprint density at radius 3 is 2.91 bits per heavy atom.